The van der Waals surface area contributed by atoms with Crippen LogP contribution in [0.4, 0.5) is 4.39 Å². The number of aliphatic hydroxyl groups excluding tert-OH is 2. The Morgan fingerprint density at radius 3 is 1.94 bits per heavy atom. The van der Waals surface area contributed by atoms with Crippen molar-refractivity contribution in [3.05, 3.63) is 0 Å². The van der Waals surface area contributed by atoms with Crippen LogP contribution >= 0.6 is 0 Å². The predicted molar refractivity (Wildman–Crippen MR) is 105 cm³/mol. The van der Waals surface area contributed by atoms with E-state index in [-0.39, 0.29) is 26.2 Å². The minimum absolute atomic E-state index is 0.150. The smallest absolute Gasteiger partial charge is 0.355 e. The molecule has 1 unspecified atom stereocenters. The third-order valence-corrected chi connectivity index (χ3v) is 4.55. The van der Waals surface area contributed by atoms with Gasteiger partial charge in [-0.3, -0.25) is 9.59 Å². The molecular weight excluding hydrogens is 451 g/mol. The Morgan fingerprint density at radius 2 is 1.48 bits per heavy atom. The molecule has 0 bridgehead atoms. The van der Waals surface area contributed by atoms with Gasteiger partial charge in [-0.05, 0) is 20.3 Å². The molecular formula is C20H31FO12. The normalized spacial score (nSPS) is 25.1. The molecule has 5 atom stereocenters. The van der Waals surface area contributed by atoms with Crippen molar-refractivity contribution in [3.63, 3.8) is 0 Å². The van der Waals surface area contributed by atoms with Crippen molar-refractivity contribution < 1.29 is 62.2 Å². The van der Waals surface area contributed by atoms with Crippen molar-refractivity contribution in [2.75, 3.05) is 26.4 Å². The molecule has 1 aliphatic rings. The number of aliphatic hydroxyl groups is 2. The Morgan fingerprint density at radius 1 is 0.970 bits per heavy atom. The first-order valence-corrected chi connectivity index (χ1v) is 10.5. The van der Waals surface area contributed by atoms with E-state index < -0.39 is 73.3 Å². The number of rotatable bonds is 12. The van der Waals surface area contributed by atoms with E-state index in [1.165, 1.54) is 13.8 Å². The highest BCUT2D eigenvalue weighted by atomic mass is 19.1. The van der Waals surface area contributed by atoms with E-state index in [0.29, 0.717) is 0 Å². The maximum Gasteiger partial charge on any atom is 0.355 e. The van der Waals surface area contributed by atoms with Gasteiger partial charge in [0.15, 0.2) is 18.5 Å². The summed E-state index contributed by atoms with van der Waals surface area (Å²) in [5.74, 6) is -4.38. The largest absolute Gasteiger partial charge is 0.463 e. The van der Waals surface area contributed by atoms with Crippen LogP contribution in [0.5, 0.6) is 0 Å². The number of alkyl halides is 1. The van der Waals surface area contributed by atoms with Crippen molar-refractivity contribution in [1.82, 2.24) is 0 Å². The van der Waals surface area contributed by atoms with Crippen LogP contribution in [-0.2, 0) is 47.6 Å². The monoisotopic (exact) mass is 482 g/mol. The third kappa shape index (κ3) is 7.88. The molecule has 2 N–H and O–H groups in total. The summed E-state index contributed by atoms with van der Waals surface area (Å²) in [5, 5.41) is 19.8. The molecule has 12 nitrogen and oxygen atoms in total. The Bertz CT molecular complexity index is 666. The van der Waals surface area contributed by atoms with Crippen molar-refractivity contribution in [2.24, 2.45) is 0 Å². The van der Waals surface area contributed by atoms with Crippen LogP contribution in [0.3, 0.4) is 0 Å². The van der Waals surface area contributed by atoms with E-state index in [1.54, 1.807) is 0 Å². The molecule has 0 aliphatic carbocycles. The zero-order valence-electron chi connectivity index (χ0n) is 19.0. The van der Waals surface area contributed by atoms with Crippen molar-refractivity contribution >= 4 is 23.9 Å². The van der Waals surface area contributed by atoms with E-state index in [4.69, 9.17) is 18.9 Å². The van der Waals surface area contributed by atoms with E-state index in [0.717, 1.165) is 13.8 Å². The quantitative estimate of drug-likeness (QED) is 0.160. The van der Waals surface area contributed by atoms with Crippen LogP contribution in [0.1, 0.15) is 40.5 Å². The summed E-state index contributed by atoms with van der Waals surface area (Å²) in [6.45, 7) is 3.76. The van der Waals surface area contributed by atoms with Crippen LogP contribution in [0, 0.1) is 0 Å². The van der Waals surface area contributed by atoms with Gasteiger partial charge in [0.2, 0.25) is 0 Å². The molecule has 1 rings (SSSR count). The van der Waals surface area contributed by atoms with E-state index in [2.05, 4.69) is 9.47 Å². The lowest BCUT2D eigenvalue weighted by atomic mass is 9.98. The fourth-order valence-corrected chi connectivity index (χ4v) is 3.11. The molecule has 0 aromatic heterocycles. The van der Waals surface area contributed by atoms with E-state index >= 15 is 4.39 Å². The first-order valence-electron chi connectivity index (χ1n) is 10.5. The first-order chi connectivity index (χ1) is 15.5. The maximum absolute atomic E-state index is 15.1. The van der Waals surface area contributed by atoms with Crippen LogP contribution in [-0.4, -0.2) is 96.9 Å². The highest BCUT2D eigenvalue weighted by Gasteiger charge is 2.51. The number of halogens is 1. The summed E-state index contributed by atoms with van der Waals surface area (Å²) in [6.07, 6.45) is -7.87. The summed E-state index contributed by atoms with van der Waals surface area (Å²) >= 11 is 0. The van der Waals surface area contributed by atoms with Gasteiger partial charge in [-0.15, -0.1) is 0 Å². The number of esters is 4. The summed E-state index contributed by atoms with van der Waals surface area (Å²) in [5.41, 5.74) is -3.05. The zero-order valence-corrected chi connectivity index (χ0v) is 19.0. The standard InChI is InChI=1S/C20H31FO12/c1-5-28-18(26)20(21,19(27)29-6-2)8-7-9-30-17-16(32-12(4)24)15(31-11(3)23)14(25)13(10-22)33-17/h13-17,22,25H,5-10H2,1-4H3/t13-,14+,15+,16-,17?/m1/s1. The second kappa shape index (κ2) is 13.4. The van der Waals surface area contributed by atoms with Gasteiger partial charge in [0.05, 0.1) is 26.4 Å². The lowest BCUT2D eigenvalue weighted by Crippen LogP contribution is -2.61. The van der Waals surface area contributed by atoms with Gasteiger partial charge in [-0.2, -0.15) is 0 Å². The molecule has 0 saturated carbocycles. The fourth-order valence-electron chi connectivity index (χ4n) is 3.11. The molecule has 1 aliphatic heterocycles. The average Bonchev–Trinajstić information content (AvgIpc) is 2.74. The Hall–Kier alpha value is -2.35. The van der Waals surface area contributed by atoms with Gasteiger partial charge in [0.25, 0.3) is 0 Å². The van der Waals surface area contributed by atoms with Gasteiger partial charge >= 0.3 is 29.5 Å². The predicted octanol–water partition coefficient (Wildman–Crippen LogP) is -0.441. The minimum Gasteiger partial charge on any atom is -0.463 e. The molecule has 13 heteroatoms. The van der Waals surface area contributed by atoms with Gasteiger partial charge in [-0.1, -0.05) is 0 Å². The van der Waals surface area contributed by atoms with Gasteiger partial charge in [-0.25, -0.2) is 14.0 Å². The second-order valence-electron chi connectivity index (χ2n) is 7.08. The number of carbonyl (C=O) groups is 4. The molecule has 1 fully saturated rings. The van der Waals surface area contributed by atoms with Crippen LogP contribution in [0.2, 0.25) is 0 Å². The number of hydrogen-bond acceptors (Lipinski definition) is 12. The highest BCUT2D eigenvalue weighted by Crippen LogP contribution is 2.28. The van der Waals surface area contributed by atoms with Crippen molar-refractivity contribution in [3.8, 4) is 0 Å². The van der Waals surface area contributed by atoms with Crippen LogP contribution in [0.25, 0.3) is 0 Å². The van der Waals surface area contributed by atoms with Crippen molar-refractivity contribution in [1.29, 1.82) is 0 Å². The molecule has 0 amide bonds. The highest BCUT2D eigenvalue weighted by molar-refractivity contribution is 6.03. The van der Waals surface area contributed by atoms with Gasteiger partial charge < -0.3 is 38.6 Å². The molecule has 0 aromatic rings. The third-order valence-electron chi connectivity index (χ3n) is 4.55. The Balaban J connectivity index is 2.93. The average molecular weight is 482 g/mol. The van der Waals surface area contributed by atoms with Gasteiger partial charge in [0, 0.05) is 20.3 Å². The molecule has 0 aromatic carbocycles. The number of carbonyl (C=O) groups excluding carboxylic acids is 4. The first kappa shape index (κ1) is 28.7. The summed E-state index contributed by atoms with van der Waals surface area (Å²) < 4.78 is 45.4. The van der Waals surface area contributed by atoms with Crippen LogP contribution < -0.4 is 0 Å². The SMILES string of the molecule is CCOC(=O)C(F)(CCCOC1O[C@H](CO)[C@H](O)[C@H](OC(C)=O)[C@H]1OC(C)=O)C(=O)OCC. The number of ether oxygens (including phenoxy) is 6. The fraction of sp³-hybridized carbons (Fsp3) is 0.800. The van der Waals surface area contributed by atoms with Gasteiger partial charge in [0.1, 0.15) is 12.2 Å². The topological polar surface area (TPSA) is 164 Å². The minimum atomic E-state index is -3.05. The summed E-state index contributed by atoms with van der Waals surface area (Å²) in [6, 6.07) is 0. The Labute approximate surface area is 190 Å². The molecule has 1 saturated heterocycles. The molecule has 1 heterocycles. The lowest BCUT2D eigenvalue weighted by Gasteiger charge is -2.42. The van der Waals surface area contributed by atoms with E-state index in [9.17, 15) is 29.4 Å². The summed E-state index contributed by atoms with van der Waals surface area (Å²) in [4.78, 5) is 47.0. The lowest BCUT2D eigenvalue weighted by molar-refractivity contribution is -0.306. The number of hydrogen-bond donors (Lipinski definition) is 2. The van der Waals surface area contributed by atoms with Crippen molar-refractivity contribution in [2.45, 2.75) is 76.9 Å². The Kier molecular flexibility index (Phi) is 11.6. The zero-order chi connectivity index (χ0) is 25.2. The maximum atomic E-state index is 15.1. The molecule has 33 heavy (non-hydrogen) atoms. The van der Waals surface area contributed by atoms with E-state index in [1.807, 2.05) is 0 Å². The second-order valence-corrected chi connectivity index (χ2v) is 7.08. The van der Waals surface area contributed by atoms with Crippen LogP contribution in [0.15, 0.2) is 0 Å². The molecule has 190 valence electrons. The molecule has 0 radical (unpaired) electrons. The summed E-state index contributed by atoms with van der Waals surface area (Å²) in [7, 11) is 0. The molecule has 0 spiro atoms.